The van der Waals surface area contributed by atoms with Crippen molar-refractivity contribution in [2.75, 3.05) is 39.1 Å². The van der Waals surface area contributed by atoms with E-state index in [1.807, 2.05) is 23.1 Å². The number of rotatable bonds is 8. The number of guanidine groups is 1. The summed E-state index contributed by atoms with van der Waals surface area (Å²) in [5.41, 5.74) is 3.47. The van der Waals surface area contributed by atoms with Crippen LogP contribution in [0, 0.1) is 0 Å². The van der Waals surface area contributed by atoms with Gasteiger partial charge in [0.15, 0.2) is 5.96 Å². The average Bonchev–Trinajstić information content (AvgIpc) is 3.19. The Morgan fingerprint density at radius 2 is 1.80 bits per heavy atom. The third-order valence-corrected chi connectivity index (χ3v) is 5.55. The zero-order valence-electron chi connectivity index (χ0n) is 18.3. The molecule has 30 heavy (non-hydrogen) atoms. The number of hydrogen-bond acceptors (Lipinski definition) is 3. The molecule has 1 amide bonds. The van der Waals surface area contributed by atoms with Crippen molar-refractivity contribution in [3.63, 3.8) is 0 Å². The summed E-state index contributed by atoms with van der Waals surface area (Å²) in [6.07, 6.45) is 2.58. The minimum absolute atomic E-state index is 0.219. The van der Waals surface area contributed by atoms with E-state index in [9.17, 15) is 4.79 Å². The molecular weight excluding hydrogens is 374 g/mol. The van der Waals surface area contributed by atoms with Crippen LogP contribution in [0.4, 0.5) is 5.69 Å². The van der Waals surface area contributed by atoms with Crippen LogP contribution in [0.15, 0.2) is 59.6 Å². The van der Waals surface area contributed by atoms with E-state index in [2.05, 4.69) is 71.0 Å². The Bertz CT molecular complexity index is 832. The molecule has 1 saturated heterocycles. The standard InChI is InChI=1S/C24H33N5O/c1-25-24(27-18-22(28(2)3)16-19-8-5-4-6-9-19)26-17-20-11-13-21(14-12-20)29-15-7-10-23(29)30/h4-6,8-9,11-14,22H,7,10,15-18H2,1-3H3,(H2,25,26,27). The Kier molecular flexibility index (Phi) is 7.85. The summed E-state index contributed by atoms with van der Waals surface area (Å²) < 4.78 is 0. The molecule has 1 atom stereocenters. The maximum absolute atomic E-state index is 11.9. The van der Waals surface area contributed by atoms with Gasteiger partial charge in [-0.25, -0.2) is 0 Å². The molecule has 2 aromatic rings. The van der Waals surface area contributed by atoms with Gasteiger partial charge in [0.1, 0.15) is 0 Å². The fourth-order valence-electron chi connectivity index (χ4n) is 3.66. The monoisotopic (exact) mass is 407 g/mol. The highest BCUT2D eigenvalue weighted by Crippen LogP contribution is 2.21. The molecule has 0 aromatic heterocycles. The van der Waals surface area contributed by atoms with Crippen LogP contribution in [0.2, 0.25) is 0 Å². The Labute approximate surface area is 180 Å². The maximum atomic E-state index is 11.9. The third kappa shape index (κ3) is 6.07. The predicted octanol–water partition coefficient (Wildman–Crippen LogP) is 2.65. The van der Waals surface area contributed by atoms with Crippen molar-refractivity contribution >= 4 is 17.6 Å². The molecule has 0 bridgehead atoms. The summed E-state index contributed by atoms with van der Waals surface area (Å²) in [6, 6.07) is 19.1. The fraction of sp³-hybridized carbons (Fsp3) is 0.417. The van der Waals surface area contributed by atoms with Crippen molar-refractivity contribution in [1.29, 1.82) is 0 Å². The van der Waals surface area contributed by atoms with Gasteiger partial charge < -0.3 is 20.4 Å². The zero-order valence-corrected chi connectivity index (χ0v) is 18.3. The van der Waals surface area contributed by atoms with Crippen LogP contribution in [0.1, 0.15) is 24.0 Å². The van der Waals surface area contributed by atoms with Crippen molar-refractivity contribution < 1.29 is 4.79 Å². The fourth-order valence-corrected chi connectivity index (χ4v) is 3.66. The van der Waals surface area contributed by atoms with Gasteiger partial charge in [0.25, 0.3) is 0 Å². The van der Waals surface area contributed by atoms with Gasteiger partial charge in [-0.05, 0) is 50.2 Å². The molecule has 3 rings (SSSR count). The molecule has 1 aliphatic rings. The maximum Gasteiger partial charge on any atom is 0.227 e. The molecule has 0 saturated carbocycles. The van der Waals surface area contributed by atoms with Gasteiger partial charge in [-0.2, -0.15) is 0 Å². The van der Waals surface area contributed by atoms with Crippen molar-refractivity contribution in [2.45, 2.75) is 31.8 Å². The molecule has 1 unspecified atom stereocenters. The molecule has 1 heterocycles. The Morgan fingerprint density at radius 1 is 1.07 bits per heavy atom. The van der Waals surface area contributed by atoms with E-state index in [4.69, 9.17) is 0 Å². The van der Waals surface area contributed by atoms with Crippen molar-refractivity contribution in [3.8, 4) is 0 Å². The molecular formula is C24H33N5O. The number of nitrogens with zero attached hydrogens (tertiary/aromatic N) is 3. The number of anilines is 1. The Balaban J connectivity index is 1.49. The topological polar surface area (TPSA) is 60.0 Å². The van der Waals surface area contributed by atoms with E-state index in [1.165, 1.54) is 5.56 Å². The van der Waals surface area contributed by atoms with Crippen LogP contribution in [0.25, 0.3) is 0 Å². The van der Waals surface area contributed by atoms with Crippen molar-refractivity contribution in [1.82, 2.24) is 15.5 Å². The molecule has 1 fully saturated rings. The van der Waals surface area contributed by atoms with Crippen LogP contribution in [-0.2, 0) is 17.8 Å². The lowest BCUT2D eigenvalue weighted by Gasteiger charge is -2.25. The van der Waals surface area contributed by atoms with Crippen LogP contribution < -0.4 is 15.5 Å². The summed E-state index contributed by atoms with van der Waals surface area (Å²) in [7, 11) is 6.01. The van der Waals surface area contributed by atoms with Gasteiger partial charge in [-0.3, -0.25) is 9.79 Å². The van der Waals surface area contributed by atoms with E-state index in [0.717, 1.165) is 43.1 Å². The zero-order chi connectivity index (χ0) is 21.3. The third-order valence-electron chi connectivity index (χ3n) is 5.55. The lowest BCUT2D eigenvalue weighted by molar-refractivity contribution is -0.117. The highest BCUT2D eigenvalue weighted by Gasteiger charge is 2.21. The predicted molar refractivity (Wildman–Crippen MR) is 124 cm³/mol. The van der Waals surface area contributed by atoms with E-state index < -0.39 is 0 Å². The number of amides is 1. The van der Waals surface area contributed by atoms with Gasteiger partial charge in [0.2, 0.25) is 5.91 Å². The van der Waals surface area contributed by atoms with Crippen LogP contribution in [0.3, 0.4) is 0 Å². The summed E-state index contributed by atoms with van der Waals surface area (Å²) in [5, 5.41) is 6.83. The molecule has 0 spiro atoms. The van der Waals surface area contributed by atoms with Gasteiger partial charge in [0.05, 0.1) is 0 Å². The van der Waals surface area contributed by atoms with Crippen LogP contribution in [-0.4, -0.2) is 57.0 Å². The Hall–Kier alpha value is -2.86. The largest absolute Gasteiger partial charge is 0.355 e. The van der Waals surface area contributed by atoms with Crippen LogP contribution >= 0.6 is 0 Å². The first kappa shape index (κ1) is 21.8. The number of hydrogen-bond donors (Lipinski definition) is 2. The lowest BCUT2D eigenvalue weighted by atomic mass is 10.1. The molecule has 6 heteroatoms. The highest BCUT2D eigenvalue weighted by molar-refractivity contribution is 5.95. The smallest absolute Gasteiger partial charge is 0.227 e. The Morgan fingerprint density at radius 3 is 2.40 bits per heavy atom. The molecule has 2 N–H and O–H groups in total. The molecule has 1 aliphatic heterocycles. The van der Waals surface area contributed by atoms with Crippen molar-refractivity contribution in [2.24, 2.45) is 4.99 Å². The first-order valence-corrected chi connectivity index (χ1v) is 10.6. The minimum atomic E-state index is 0.219. The number of carbonyl (C=O) groups excluding carboxylic acids is 1. The second-order valence-electron chi connectivity index (χ2n) is 7.93. The normalized spacial score (nSPS) is 15.5. The minimum Gasteiger partial charge on any atom is -0.355 e. The summed E-state index contributed by atoms with van der Waals surface area (Å²) in [6.45, 7) is 2.31. The SMILES string of the molecule is CN=C(NCc1ccc(N2CCCC2=O)cc1)NCC(Cc1ccccc1)N(C)C. The molecule has 2 aromatic carbocycles. The van der Waals surface area contributed by atoms with Gasteiger partial charge in [0, 0.05) is 44.8 Å². The number of likely N-dealkylation sites (N-methyl/N-ethyl adjacent to an activating group) is 1. The summed E-state index contributed by atoms with van der Waals surface area (Å²) in [4.78, 5) is 20.4. The highest BCUT2D eigenvalue weighted by atomic mass is 16.2. The molecule has 160 valence electrons. The van der Waals surface area contributed by atoms with E-state index >= 15 is 0 Å². The van der Waals surface area contributed by atoms with E-state index in [0.29, 0.717) is 19.0 Å². The number of carbonyl (C=O) groups is 1. The molecule has 6 nitrogen and oxygen atoms in total. The second kappa shape index (κ2) is 10.8. The second-order valence-corrected chi connectivity index (χ2v) is 7.93. The van der Waals surface area contributed by atoms with E-state index in [-0.39, 0.29) is 5.91 Å². The average molecular weight is 408 g/mol. The quantitative estimate of drug-likeness (QED) is 0.522. The first-order valence-electron chi connectivity index (χ1n) is 10.6. The summed E-state index contributed by atoms with van der Waals surface area (Å²) in [5.74, 6) is 1.00. The molecule has 0 aliphatic carbocycles. The van der Waals surface area contributed by atoms with Crippen molar-refractivity contribution in [3.05, 3.63) is 65.7 Å². The van der Waals surface area contributed by atoms with Gasteiger partial charge >= 0.3 is 0 Å². The van der Waals surface area contributed by atoms with Crippen LogP contribution in [0.5, 0.6) is 0 Å². The van der Waals surface area contributed by atoms with Gasteiger partial charge in [-0.15, -0.1) is 0 Å². The lowest BCUT2D eigenvalue weighted by Crippen LogP contribution is -2.45. The van der Waals surface area contributed by atoms with Gasteiger partial charge in [-0.1, -0.05) is 42.5 Å². The summed E-state index contributed by atoms with van der Waals surface area (Å²) >= 11 is 0. The van der Waals surface area contributed by atoms with E-state index in [1.54, 1.807) is 7.05 Å². The molecule has 0 radical (unpaired) electrons. The number of benzene rings is 2. The number of nitrogens with one attached hydrogen (secondary N) is 2. The number of aliphatic imine (C=N–C) groups is 1. The first-order chi connectivity index (χ1) is 14.6.